The maximum atomic E-state index is 15.3. The number of nitrogens with zero attached hydrogens (tertiary/aromatic N) is 2. The summed E-state index contributed by atoms with van der Waals surface area (Å²) in [7, 11) is 0. The van der Waals surface area contributed by atoms with E-state index in [1.54, 1.807) is 11.5 Å². The van der Waals surface area contributed by atoms with Crippen molar-refractivity contribution in [1.82, 2.24) is 4.57 Å². The van der Waals surface area contributed by atoms with Gasteiger partial charge in [0.25, 0.3) is 0 Å². The number of nitrogen functional groups attached to an aromatic ring is 1. The molecule has 1 saturated heterocycles. The lowest BCUT2D eigenvalue weighted by molar-refractivity contribution is 0.0695. The number of carboxylic acids is 1. The van der Waals surface area contributed by atoms with Gasteiger partial charge in [0.1, 0.15) is 5.56 Å². The molecule has 144 valence electrons. The van der Waals surface area contributed by atoms with E-state index in [0.717, 1.165) is 12.8 Å². The maximum Gasteiger partial charge on any atom is 0.341 e. The fourth-order valence-electron chi connectivity index (χ4n) is 4.12. The molecular weight excluding hydrogens is 351 g/mol. The van der Waals surface area contributed by atoms with E-state index < -0.39 is 17.2 Å². The highest BCUT2D eigenvalue weighted by Gasteiger charge is 2.34. The van der Waals surface area contributed by atoms with Crippen molar-refractivity contribution < 1.29 is 14.3 Å². The van der Waals surface area contributed by atoms with Gasteiger partial charge in [-0.2, -0.15) is 0 Å². The standard InChI is InChI=1S/C19H23FN4O3/c1-8-5-23(7-12(8)21)17-9(2)16-13(15(22)14(17)20)18(25)11(19(26)27)6-24(16)10-3-4-10/h6,8,10,12H,3-5,7,21-22H2,1-2H3,(H,26,27). The van der Waals surface area contributed by atoms with Crippen LogP contribution in [0.3, 0.4) is 0 Å². The summed E-state index contributed by atoms with van der Waals surface area (Å²) in [5.41, 5.74) is 12.2. The molecule has 1 aliphatic carbocycles. The zero-order chi connectivity index (χ0) is 19.6. The largest absolute Gasteiger partial charge is 0.477 e. The van der Waals surface area contributed by atoms with Gasteiger partial charge in [-0.05, 0) is 31.2 Å². The molecule has 1 aromatic heterocycles. The Kier molecular flexibility index (Phi) is 3.92. The molecule has 7 nitrogen and oxygen atoms in total. The van der Waals surface area contributed by atoms with Crippen LogP contribution in [-0.4, -0.2) is 34.8 Å². The Labute approximate surface area is 155 Å². The Hall–Kier alpha value is -2.61. The summed E-state index contributed by atoms with van der Waals surface area (Å²) in [6.45, 7) is 4.88. The van der Waals surface area contributed by atoms with Gasteiger partial charge >= 0.3 is 5.97 Å². The van der Waals surface area contributed by atoms with Gasteiger partial charge in [-0.3, -0.25) is 4.79 Å². The number of benzene rings is 1. The van der Waals surface area contributed by atoms with Crippen LogP contribution in [-0.2, 0) is 0 Å². The van der Waals surface area contributed by atoms with E-state index in [-0.39, 0.29) is 34.6 Å². The molecule has 27 heavy (non-hydrogen) atoms. The number of carboxylic acid groups (broad SMARTS) is 1. The van der Waals surface area contributed by atoms with Crippen molar-refractivity contribution in [2.24, 2.45) is 11.7 Å². The first-order valence-corrected chi connectivity index (χ1v) is 9.12. The molecule has 2 unspecified atom stereocenters. The van der Waals surface area contributed by atoms with Crippen LogP contribution >= 0.6 is 0 Å². The third kappa shape index (κ3) is 2.58. The van der Waals surface area contributed by atoms with Crippen LogP contribution in [0.15, 0.2) is 11.0 Å². The second kappa shape index (κ2) is 5.95. The lowest BCUT2D eigenvalue weighted by Crippen LogP contribution is -2.29. The number of carbonyl (C=O) groups is 1. The zero-order valence-corrected chi connectivity index (χ0v) is 15.3. The smallest absolute Gasteiger partial charge is 0.341 e. The van der Waals surface area contributed by atoms with E-state index in [1.807, 2.05) is 11.8 Å². The zero-order valence-electron chi connectivity index (χ0n) is 15.3. The second-order valence-corrected chi connectivity index (χ2v) is 7.79. The van der Waals surface area contributed by atoms with Crippen molar-refractivity contribution in [3.8, 4) is 0 Å². The first-order valence-electron chi connectivity index (χ1n) is 9.12. The maximum absolute atomic E-state index is 15.3. The molecular formula is C19H23FN4O3. The first kappa shape index (κ1) is 17.8. The number of pyridine rings is 1. The number of aromatic nitrogens is 1. The van der Waals surface area contributed by atoms with E-state index >= 15 is 4.39 Å². The minimum atomic E-state index is -1.34. The molecule has 0 bridgehead atoms. The van der Waals surface area contributed by atoms with E-state index in [0.29, 0.717) is 29.9 Å². The number of rotatable bonds is 3. The van der Waals surface area contributed by atoms with Crippen molar-refractivity contribution in [3.63, 3.8) is 0 Å². The van der Waals surface area contributed by atoms with Crippen molar-refractivity contribution >= 4 is 28.2 Å². The van der Waals surface area contributed by atoms with Gasteiger partial charge in [-0.15, -0.1) is 0 Å². The number of aromatic carboxylic acids is 1. The average Bonchev–Trinajstić information content (AvgIpc) is 3.38. The van der Waals surface area contributed by atoms with Gasteiger partial charge in [0.15, 0.2) is 5.82 Å². The molecule has 1 aliphatic heterocycles. The molecule has 5 N–H and O–H groups in total. The average molecular weight is 374 g/mol. The highest BCUT2D eigenvalue weighted by atomic mass is 19.1. The molecule has 2 atom stereocenters. The van der Waals surface area contributed by atoms with E-state index in [1.165, 1.54) is 6.20 Å². The predicted molar refractivity (Wildman–Crippen MR) is 102 cm³/mol. The number of nitrogens with two attached hydrogens (primary N) is 2. The molecule has 2 fully saturated rings. The molecule has 4 rings (SSSR count). The van der Waals surface area contributed by atoms with Crippen LogP contribution in [0.5, 0.6) is 0 Å². The fraction of sp³-hybridized carbons (Fsp3) is 0.474. The number of hydrogen-bond acceptors (Lipinski definition) is 5. The van der Waals surface area contributed by atoms with E-state index in [2.05, 4.69) is 0 Å². The Bertz CT molecular complexity index is 1020. The van der Waals surface area contributed by atoms with Crippen molar-refractivity contribution in [1.29, 1.82) is 0 Å². The van der Waals surface area contributed by atoms with Crippen LogP contribution in [0.25, 0.3) is 10.9 Å². The predicted octanol–water partition coefficient (Wildman–Crippen LogP) is 1.85. The molecule has 1 aromatic carbocycles. The molecule has 2 heterocycles. The van der Waals surface area contributed by atoms with Crippen LogP contribution in [0.4, 0.5) is 15.8 Å². The van der Waals surface area contributed by atoms with Crippen LogP contribution in [0.1, 0.15) is 41.7 Å². The van der Waals surface area contributed by atoms with Crippen LogP contribution in [0.2, 0.25) is 0 Å². The van der Waals surface area contributed by atoms with Crippen molar-refractivity contribution in [2.75, 3.05) is 23.7 Å². The summed E-state index contributed by atoms with van der Waals surface area (Å²) in [6, 6.07) is 0.0307. The summed E-state index contributed by atoms with van der Waals surface area (Å²) < 4.78 is 17.0. The Balaban J connectivity index is 2.07. The van der Waals surface area contributed by atoms with Gasteiger partial charge in [0.2, 0.25) is 5.43 Å². The van der Waals surface area contributed by atoms with Gasteiger partial charge < -0.3 is 26.0 Å². The Morgan fingerprint density at radius 3 is 2.52 bits per heavy atom. The highest BCUT2D eigenvalue weighted by molar-refractivity contribution is 6.01. The third-order valence-corrected chi connectivity index (χ3v) is 5.82. The van der Waals surface area contributed by atoms with Crippen molar-refractivity contribution in [3.05, 3.63) is 33.4 Å². The quantitative estimate of drug-likeness (QED) is 0.707. The molecule has 0 spiro atoms. The highest BCUT2D eigenvalue weighted by Crippen LogP contribution is 2.42. The summed E-state index contributed by atoms with van der Waals surface area (Å²) in [6.07, 6.45) is 3.14. The van der Waals surface area contributed by atoms with Gasteiger partial charge in [-0.1, -0.05) is 6.92 Å². The number of hydrogen-bond donors (Lipinski definition) is 3. The Morgan fingerprint density at radius 2 is 2.00 bits per heavy atom. The number of halogens is 1. The number of aryl methyl sites for hydroxylation is 1. The van der Waals surface area contributed by atoms with Gasteiger partial charge in [0.05, 0.1) is 22.3 Å². The fourth-order valence-corrected chi connectivity index (χ4v) is 4.12. The first-order chi connectivity index (χ1) is 12.7. The van der Waals surface area contributed by atoms with E-state index in [9.17, 15) is 14.7 Å². The topological polar surface area (TPSA) is 115 Å². The normalized spacial score (nSPS) is 22.6. The molecule has 2 aromatic rings. The molecule has 1 saturated carbocycles. The molecule has 2 aliphatic rings. The summed E-state index contributed by atoms with van der Waals surface area (Å²) in [5.74, 6) is -1.80. The third-order valence-electron chi connectivity index (χ3n) is 5.82. The van der Waals surface area contributed by atoms with Crippen LogP contribution in [0, 0.1) is 18.7 Å². The minimum Gasteiger partial charge on any atom is -0.477 e. The summed E-state index contributed by atoms with van der Waals surface area (Å²) in [5, 5.41) is 9.35. The van der Waals surface area contributed by atoms with Crippen molar-refractivity contribution in [2.45, 2.75) is 38.8 Å². The summed E-state index contributed by atoms with van der Waals surface area (Å²) in [4.78, 5) is 26.2. The Morgan fingerprint density at radius 1 is 1.33 bits per heavy atom. The van der Waals surface area contributed by atoms with Crippen LogP contribution < -0.4 is 21.8 Å². The second-order valence-electron chi connectivity index (χ2n) is 7.79. The lowest BCUT2D eigenvalue weighted by Gasteiger charge is -2.25. The number of anilines is 2. The van der Waals surface area contributed by atoms with E-state index in [4.69, 9.17) is 11.5 Å². The minimum absolute atomic E-state index is 0.0444. The molecule has 8 heteroatoms. The molecule has 0 amide bonds. The SMILES string of the molecule is Cc1c(N2CC(C)C(N)C2)c(F)c(N)c2c(=O)c(C(=O)O)cn(C3CC3)c12. The van der Waals surface area contributed by atoms with Gasteiger partial charge in [0, 0.05) is 31.4 Å². The lowest BCUT2D eigenvalue weighted by atomic mass is 10.0. The van der Waals surface area contributed by atoms with Gasteiger partial charge in [-0.25, -0.2) is 9.18 Å². The summed E-state index contributed by atoms with van der Waals surface area (Å²) >= 11 is 0. The monoisotopic (exact) mass is 374 g/mol. The molecule has 0 radical (unpaired) electrons. The number of fused-ring (bicyclic) bond motifs is 1.